The highest BCUT2D eigenvalue weighted by Gasteiger charge is 2.01. The average Bonchev–Trinajstić information content (AvgIpc) is 2.29. The molecule has 0 fully saturated rings. The van der Waals surface area contributed by atoms with E-state index in [9.17, 15) is 0 Å². The quantitative estimate of drug-likeness (QED) is 0.341. The molecule has 0 spiro atoms. The minimum atomic E-state index is 0.105. The van der Waals surface area contributed by atoms with Gasteiger partial charge in [-0.25, -0.2) is 4.99 Å². The van der Waals surface area contributed by atoms with Gasteiger partial charge in [0.25, 0.3) is 0 Å². The highest BCUT2D eigenvalue weighted by molar-refractivity contribution is 5.79. The first-order valence-electron chi connectivity index (χ1n) is 4.93. The van der Waals surface area contributed by atoms with Crippen LogP contribution in [0.4, 0.5) is 0 Å². The zero-order valence-electron chi connectivity index (χ0n) is 9.10. The van der Waals surface area contributed by atoms with Gasteiger partial charge in [0.05, 0.1) is 13.2 Å². The van der Waals surface area contributed by atoms with E-state index >= 15 is 0 Å². The molecular formula is C11H14N4O. The molecule has 0 amide bonds. The first-order valence-corrected chi connectivity index (χ1v) is 4.93. The number of hydrogen-bond acceptors (Lipinski definition) is 3. The third-order valence-corrected chi connectivity index (χ3v) is 1.88. The second kappa shape index (κ2) is 6.30. The Balaban J connectivity index is 2.73. The second-order valence-electron chi connectivity index (χ2n) is 2.98. The van der Waals surface area contributed by atoms with E-state index in [1.54, 1.807) is 6.19 Å². The fourth-order valence-electron chi connectivity index (χ4n) is 1.20. The highest BCUT2D eigenvalue weighted by Crippen LogP contribution is 2.18. The Hall–Kier alpha value is -2.22. The third kappa shape index (κ3) is 3.50. The van der Waals surface area contributed by atoms with Crippen LogP contribution >= 0.6 is 0 Å². The number of rotatable bonds is 4. The molecule has 0 saturated heterocycles. The SMILES string of the molecule is CCOc1ccccc1CN=C(N)NC#N. The van der Waals surface area contributed by atoms with E-state index < -0.39 is 0 Å². The first-order chi connectivity index (χ1) is 7.77. The monoisotopic (exact) mass is 218 g/mol. The molecule has 1 aromatic carbocycles. The van der Waals surface area contributed by atoms with Crippen LogP contribution in [0.2, 0.25) is 0 Å². The highest BCUT2D eigenvalue weighted by atomic mass is 16.5. The van der Waals surface area contributed by atoms with Gasteiger partial charge in [-0.1, -0.05) is 18.2 Å². The van der Waals surface area contributed by atoms with Crippen molar-refractivity contribution in [2.24, 2.45) is 10.7 Å². The molecule has 0 saturated carbocycles. The summed E-state index contributed by atoms with van der Waals surface area (Å²) in [4.78, 5) is 4.01. The third-order valence-electron chi connectivity index (χ3n) is 1.88. The van der Waals surface area contributed by atoms with Gasteiger partial charge in [-0.3, -0.25) is 5.32 Å². The standard InChI is InChI=1S/C11H14N4O/c1-2-16-10-6-4-3-5-9(10)7-14-11(13)15-8-12/h3-6H,2,7H2,1H3,(H3,13,14,15). The van der Waals surface area contributed by atoms with Crippen LogP contribution < -0.4 is 15.8 Å². The van der Waals surface area contributed by atoms with E-state index in [0.717, 1.165) is 11.3 Å². The molecule has 0 heterocycles. The summed E-state index contributed by atoms with van der Waals surface area (Å²) in [5.74, 6) is 0.896. The van der Waals surface area contributed by atoms with Gasteiger partial charge in [0.1, 0.15) is 5.75 Å². The van der Waals surface area contributed by atoms with Crippen molar-refractivity contribution in [3.05, 3.63) is 29.8 Å². The van der Waals surface area contributed by atoms with E-state index in [1.807, 2.05) is 31.2 Å². The number of nitrogens with zero attached hydrogens (tertiary/aromatic N) is 2. The molecule has 1 aromatic rings. The maximum Gasteiger partial charge on any atom is 0.202 e. The van der Waals surface area contributed by atoms with Crippen LogP contribution in [0.15, 0.2) is 29.3 Å². The minimum absolute atomic E-state index is 0.105. The summed E-state index contributed by atoms with van der Waals surface area (Å²) in [6.45, 7) is 2.91. The summed E-state index contributed by atoms with van der Waals surface area (Å²) in [5, 5.41) is 10.6. The van der Waals surface area contributed by atoms with E-state index in [1.165, 1.54) is 0 Å². The molecule has 0 aromatic heterocycles. The Morgan fingerprint density at radius 1 is 1.56 bits per heavy atom. The number of aliphatic imine (C=N–C) groups is 1. The van der Waals surface area contributed by atoms with Gasteiger partial charge in [0, 0.05) is 5.56 Å². The van der Waals surface area contributed by atoms with Gasteiger partial charge in [-0.05, 0) is 13.0 Å². The Kier molecular flexibility index (Phi) is 4.67. The summed E-state index contributed by atoms with van der Waals surface area (Å²) in [7, 11) is 0. The molecular weight excluding hydrogens is 204 g/mol. The molecule has 16 heavy (non-hydrogen) atoms. The van der Waals surface area contributed by atoms with Gasteiger partial charge in [0.2, 0.25) is 5.96 Å². The number of guanidine groups is 1. The lowest BCUT2D eigenvalue weighted by Gasteiger charge is -2.07. The fraction of sp³-hybridized carbons (Fsp3) is 0.273. The van der Waals surface area contributed by atoms with Crippen molar-refractivity contribution in [3.8, 4) is 11.9 Å². The molecule has 5 nitrogen and oxygen atoms in total. The van der Waals surface area contributed by atoms with Crippen LogP contribution in [0.25, 0.3) is 0 Å². The molecule has 0 bridgehead atoms. The smallest absolute Gasteiger partial charge is 0.202 e. The molecule has 0 unspecified atom stereocenters. The Morgan fingerprint density at radius 2 is 2.31 bits per heavy atom. The zero-order valence-corrected chi connectivity index (χ0v) is 9.10. The molecule has 0 atom stereocenters. The summed E-state index contributed by atoms with van der Waals surface area (Å²) in [6, 6.07) is 7.59. The Bertz CT molecular complexity index is 409. The largest absolute Gasteiger partial charge is 0.494 e. The van der Waals surface area contributed by atoms with E-state index in [2.05, 4.69) is 10.3 Å². The first kappa shape index (κ1) is 11.9. The molecule has 84 valence electrons. The molecule has 5 heteroatoms. The Labute approximate surface area is 94.5 Å². The summed E-state index contributed by atoms with van der Waals surface area (Å²) >= 11 is 0. The zero-order chi connectivity index (χ0) is 11.8. The van der Waals surface area contributed by atoms with Crippen molar-refractivity contribution in [2.45, 2.75) is 13.5 Å². The fourth-order valence-corrected chi connectivity index (χ4v) is 1.20. The number of nitriles is 1. The van der Waals surface area contributed by atoms with E-state index in [-0.39, 0.29) is 5.96 Å². The van der Waals surface area contributed by atoms with Gasteiger partial charge in [-0.15, -0.1) is 0 Å². The van der Waals surface area contributed by atoms with Crippen LogP contribution in [0.3, 0.4) is 0 Å². The molecule has 0 radical (unpaired) electrons. The number of para-hydroxylation sites is 1. The van der Waals surface area contributed by atoms with E-state index in [4.69, 9.17) is 15.7 Å². The maximum absolute atomic E-state index is 8.33. The topological polar surface area (TPSA) is 83.4 Å². The molecule has 3 N–H and O–H groups in total. The van der Waals surface area contributed by atoms with Gasteiger partial charge >= 0.3 is 0 Å². The number of hydrogen-bond donors (Lipinski definition) is 2. The van der Waals surface area contributed by atoms with Crippen LogP contribution in [0.1, 0.15) is 12.5 Å². The lowest BCUT2D eigenvalue weighted by molar-refractivity contribution is 0.336. The van der Waals surface area contributed by atoms with Crippen molar-refractivity contribution in [1.82, 2.24) is 5.32 Å². The lowest BCUT2D eigenvalue weighted by atomic mass is 10.2. The van der Waals surface area contributed by atoms with Crippen molar-refractivity contribution < 1.29 is 4.74 Å². The predicted molar refractivity (Wildman–Crippen MR) is 61.7 cm³/mol. The Morgan fingerprint density at radius 3 is 3.00 bits per heavy atom. The molecule has 0 aliphatic heterocycles. The summed E-state index contributed by atoms with van der Waals surface area (Å²) in [5.41, 5.74) is 6.37. The van der Waals surface area contributed by atoms with Crippen molar-refractivity contribution in [3.63, 3.8) is 0 Å². The van der Waals surface area contributed by atoms with Crippen molar-refractivity contribution in [1.29, 1.82) is 5.26 Å². The molecule has 0 aliphatic rings. The molecule has 1 rings (SSSR count). The van der Waals surface area contributed by atoms with E-state index in [0.29, 0.717) is 13.2 Å². The van der Waals surface area contributed by atoms with Gasteiger partial charge < -0.3 is 10.5 Å². The van der Waals surface area contributed by atoms with Crippen LogP contribution in [-0.4, -0.2) is 12.6 Å². The lowest BCUT2D eigenvalue weighted by Crippen LogP contribution is -2.27. The van der Waals surface area contributed by atoms with Crippen LogP contribution in [-0.2, 0) is 6.54 Å². The normalized spacial score (nSPS) is 10.6. The molecule has 0 aliphatic carbocycles. The number of nitrogens with two attached hydrogens (primary N) is 1. The second-order valence-corrected chi connectivity index (χ2v) is 2.98. The van der Waals surface area contributed by atoms with Gasteiger partial charge in [0.15, 0.2) is 6.19 Å². The van der Waals surface area contributed by atoms with Gasteiger partial charge in [-0.2, -0.15) is 5.26 Å². The maximum atomic E-state index is 8.33. The summed E-state index contributed by atoms with van der Waals surface area (Å²) in [6.07, 6.45) is 1.71. The minimum Gasteiger partial charge on any atom is -0.494 e. The van der Waals surface area contributed by atoms with Crippen molar-refractivity contribution in [2.75, 3.05) is 6.61 Å². The average molecular weight is 218 g/mol. The van der Waals surface area contributed by atoms with Crippen LogP contribution in [0.5, 0.6) is 5.75 Å². The van der Waals surface area contributed by atoms with Crippen molar-refractivity contribution >= 4 is 5.96 Å². The summed E-state index contributed by atoms with van der Waals surface area (Å²) < 4.78 is 5.43. The predicted octanol–water partition coefficient (Wildman–Crippen LogP) is 0.971. The van der Waals surface area contributed by atoms with Crippen LogP contribution in [0, 0.1) is 11.5 Å². The number of ether oxygens (including phenoxy) is 1. The number of benzene rings is 1. The number of nitrogens with one attached hydrogen (secondary N) is 1.